The number of rotatable bonds is 2. The van der Waals surface area contributed by atoms with Gasteiger partial charge < -0.3 is 10.6 Å². The molecule has 1 aromatic carbocycles. The van der Waals surface area contributed by atoms with Crippen LogP contribution >= 0.6 is 11.8 Å². The third-order valence-corrected chi connectivity index (χ3v) is 3.99. The SMILES string of the molecule is Cn1cc(CN2CCSc3ccc(N)cc32)nn1. The Labute approximate surface area is 110 Å². The summed E-state index contributed by atoms with van der Waals surface area (Å²) in [5.74, 6) is 1.09. The zero-order chi connectivity index (χ0) is 12.5. The molecule has 1 aromatic heterocycles. The fourth-order valence-corrected chi connectivity index (χ4v) is 3.15. The molecule has 0 radical (unpaired) electrons. The van der Waals surface area contributed by atoms with Gasteiger partial charge in [0.15, 0.2) is 0 Å². The van der Waals surface area contributed by atoms with E-state index in [4.69, 9.17) is 5.73 Å². The zero-order valence-electron chi connectivity index (χ0n) is 10.2. The fraction of sp³-hybridized carbons (Fsp3) is 0.333. The number of benzene rings is 1. The van der Waals surface area contributed by atoms with Gasteiger partial charge in [0, 0.05) is 36.1 Å². The molecule has 1 aliphatic rings. The molecule has 0 bridgehead atoms. The van der Waals surface area contributed by atoms with Gasteiger partial charge in [-0.15, -0.1) is 16.9 Å². The Bertz CT molecular complexity index is 565. The summed E-state index contributed by atoms with van der Waals surface area (Å²) in [6, 6.07) is 6.09. The highest BCUT2D eigenvalue weighted by atomic mass is 32.2. The predicted molar refractivity (Wildman–Crippen MR) is 73.6 cm³/mol. The number of nitrogens with two attached hydrogens (primary N) is 1. The van der Waals surface area contributed by atoms with Crippen molar-refractivity contribution in [2.75, 3.05) is 22.9 Å². The van der Waals surface area contributed by atoms with Crippen LogP contribution in [0.15, 0.2) is 29.3 Å². The first-order valence-electron chi connectivity index (χ1n) is 5.85. The number of nitrogen functional groups attached to an aromatic ring is 1. The molecule has 0 aliphatic carbocycles. The molecule has 0 saturated heterocycles. The number of anilines is 2. The maximum absolute atomic E-state index is 5.87. The average Bonchev–Trinajstić information content (AvgIpc) is 2.76. The summed E-state index contributed by atoms with van der Waals surface area (Å²) in [4.78, 5) is 3.60. The third-order valence-electron chi connectivity index (χ3n) is 2.95. The molecule has 0 spiro atoms. The van der Waals surface area contributed by atoms with E-state index < -0.39 is 0 Å². The van der Waals surface area contributed by atoms with Crippen molar-refractivity contribution in [2.24, 2.45) is 7.05 Å². The lowest BCUT2D eigenvalue weighted by Crippen LogP contribution is -2.28. The third kappa shape index (κ3) is 2.15. The number of aryl methyl sites for hydroxylation is 1. The normalized spacial score (nSPS) is 14.6. The maximum Gasteiger partial charge on any atom is 0.102 e. The molecule has 2 N–H and O–H groups in total. The second kappa shape index (κ2) is 4.53. The van der Waals surface area contributed by atoms with Crippen LogP contribution in [0, 0.1) is 0 Å². The molecular formula is C12H15N5S. The molecule has 0 fully saturated rings. The van der Waals surface area contributed by atoms with E-state index >= 15 is 0 Å². The van der Waals surface area contributed by atoms with Crippen LogP contribution in [0.5, 0.6) is 0 Å². The average molecular weight is 261 g/mol. The molecule has 0 amide bonds. The van der Waals surface area contributed by atoms with Crippen molar-refractivity contribution in [3.63, 3.8) is 0 Å². The minimum Gasteiger partial charge on any atom is -0.399 e. The van der Waals surface area contributed by atoms with Crippen molar-refractivity contribution >= 4 is 23.1 Å². The van der Waals surface area contributed by atoms with Gasteiger partial charge in [0.25, 0.3) is 0 Å². The number of aromatic nitrogens is 3. The molecular weight excluding hydrogens is 246 g/mol. The van der Waals surface area contributed by atoms with Crippen LogP contribution in [0.3, 0.4) is 0 Å². The monoisotopic (exact) mass is 261 g/mol. The number of hydrogen-bond donors (Lipinski definition) is 1. The fourth-order valence-electron chi connectivity index (χ4n) is 2.12. The number of hydrogen-bond acceptors (Lipinski definition) is 5. The van der Waals surface area contributed by atoms with Crippen LogP contribution in [0.2, 0.25) is 0 Å². The minimum absolute atomic E-state index is 0.783. The maximum atomic E-state index is 5.87. The second-order valence-electron chi connectivity index (χ2n) is 4.38. The molecule has 18 heavy (non-hydrogen) atoms. The van der Waals surface area contributed by atoms with Crippen LogP contribution < -0.4 is 10.6 Å². The number of nitrogens with zero attached hydrogens (tertiary/aromatic N) is 4. The van der Waals surface area contributed by atoms with E-state index in [-0.39, 0.29) is 0 Å². The summed E-state index contributed by atoms with van der Waals surface area (Å²) in [6.07, 6.45) is 1.95. The van der Waals surface area contributed by atoms with E-state index in [1.807, 2.05) is 37.1 Å². The first-order chi connectivity index (χ1) is 8.72. The highest BCUT2D eigenvalue weighted by molar-refractivity contribution is 7.99. The van der Waals surface area contributed by atoms with Crippen molar-refractivity contribution in [1.29, 1.82) is 0 Å². The van der Waals surface area contributed by atoms with Gasteiger partial charge in [-0.05, 0) is 18.2 Å². The summed E-state index contributed by atoms with van der Waals surface area (Å²) < 4.78 is 1.73. The summed E-state index contributed by atoms with van der Waals surface area (Å²) in [6.45, 7) is 1.79. The largest absolute Gasteiger partial charge is 0.399 e. The Hall–Kier alpha value is -1.69. The van der Waals surface area contributed by atoms with Crippen molar-refractivity contribution in [3.05, 3.63) is 30.1 Å². The highest BCUT2D eigenvalue weighted by Gasteiger charge is 2.18. The number of fused-ring (bicyclic) bond motifs is 1. The Kier molecular flexibility index (Phi) is 2.87. The van der Waals surface area contributed by atoms with Crippen LogP contribution in [0.25, 0.3) is 0 Å². The van der Waals surface area contributed by atoms with Gasteiger partial charge in [-0.3, -0.25) is 4.68 Å². The lowest BCUT2D eigenvalue weighted by molar-refractivity contribution is 0.711. The molecule has 2 heterocycles. The summed E-state index contributed by atoms with van der Waals surface area (Å²) in [7, 11) is 1.88. The first kappa shape index (κ1) is 11.4. The van der Waals surface area contributed by atoms with Crippen molar-refractivity contribution in [3.8, 4) is 0 Å². The number of thioether (sulfide) groups is 1. The highest BCUT2D eigenvalue weighted by Crippen LogP contribution is 2.36. The van der Waals surface area contributed by atoms with E-state index in [9.17, 15) is 0 Å². The topological polar surface area (TPSA) is 60.0 Å². The first-order valence-corrected chi connectivity index (χ1v) is 6.83. The Morgan fingerprint density at radius 2 is 2.33 bits per heavy atom. The molecule has 2 aromatic rings. The van der Waals surface area contributed by atoms with Gasteiger partial charge in [-0.25, -0.2) is 0 Å². The quantitative estimate of drug-likeness (QED) is 0.830. The Morgan fingerprint density at radius 3 is 3.11 bits per heavy atom. The molecule has 0 atom stereocenters. The van der Waals surface area contributed by atoms with Gasteiger partial charge in [0.1, 0.15) is 5.69 Å². The van der Waals surface area contributed by atoms with Crippen LogP contribution in [0.1, 0.15) is 5.69 Å². The Morgan fingerprint density at radius 1 is 1.44 bits per heavy atom. The minimum atomic E-state index is 0.783. The summed E-state index contributed by atoms with van der Waals surface area (Å²) in [5, 5.41) is 8.10. The van der Waals surface area contributed by atoms with Gasteiger partial charge in [-0.2, -0.15) is 0 Å². The summed E-state index contributed by atoms with van der Waals surface area (Å²) >= 11 is 1.88. The van der Waals surface area contributed by atoms with E-state index in [1.54, 1.807) is 4.68 Å². The van der Waals surface area contributed by atoms with Crippen molar-refractivity contribution < 1.29 is 0 Å². The van der Waals surface area contributed by atoms with Crippen LogP contribution in [-0.4, -0.2) is 27.3 Å². The van der Waals surface area contributed by atoms with Gasteiger partial charge in [-0.1, -0.05) is 5.21 Å². The smallest absolute Gasteiger partial charge is 0.102 e. The Balaban J connectivity index is 1.88. The molecule has 5 nitrogen and oxygen atoms in total. The molecule has 3 rings (SSSR count). The molecule has 6 heteroatoms. The standard InChI is InChI=1S/C12H15N5S/c1-16-7-10(14-15-16)8-17-4-5-18-12-3-2-9(13)6-11(12)17/h2-3,6-7H,4-5,8,13H2,1H3. The van der Waals surface area contributed by atoms with E-state index in [0.717, 1.165) is 30.2 Å². The van der Waals surface area contributed by atoms with Crippen molar-refractivity contribution in [2.45, 2.75) is 11.4 Å². The lowest BCUT2D eigenvalue weighted by atomic mass is 10.2. The lowest BCUT2D eigenvalue weighted by Gasteiger charge is -2.30. The van der Waals surface area contributed by atoms with Crippen molar-refractivity contribution in [1.82, 2.24) is 15.0 Å². The second-order valence-corrected chi connectivity index (χ2v) is 5.52. The molecule has 1 aliphatic heterocycles. The van der Waals surface area contributed by atoms with E-state index in [1.165, 1.54) is 10.6 Å². The van der Waals surface area contributed by atoms with Gasteiger partial charge in [0.2, 0.25) is 0 Å². The van der Waals surface area contributed by atoms with E-state index in [2.05, 4.69) is 21.3 Å². The summed E-state index contributed by atoms with van der Waals surface area (Å²) in [5.41, 5.74) is 8.87. The van der Waals surface area contributed by atoms with Crippen LogP contribution in [-0.2, 0) is 13.6 Å². The van der Waals surface area contributed by atoms with Gasteiger partial charge >= 0.3 is 0 Å². The molecule has 94 valence electrons. The van der Waals surface area contributed by atoms with Gasteiger partial charge in [0.05, 0.1) is 12.2 Å². The predicted octanol–water partition coefficient (Wildman–Crippen LogP) is 1.51. The zero-order valence-corrected chi connectivity index (χ0v) is 11.0. The van der Waals surface area contributed by atoms with Crippen LogP contribution in [0.4, 0.5) is 11.4 Å². The molecule has 0 unspecified atom stereocenters. The van der Waals surface area contributed by atoms with E-state index in [0.29, 0.717) is 0 Å². The molecule has 0 saturated carbocycles.